The molecule has 2 N–H and O–H groups in total. The molecule has 1 aromatic rings. The fraction of sp³-hybridized carbons (Fsp3) is 0.222. The summed E-state index contributed by atoms with van der Waals surface area (Å²) in [4.78, 5) is 11.2. The van der Waals surface area contributed by atoms with E-state index in [1.807, 2.05) is 0 Å². The summed E-state index contributed by atoms with van der Waals surface area (Å²) in [7, 11) is 0. The normalized spacial score (nSPS) is 19.4. The van der Waals surface area contributed by atoms with Crippen LogP contribution < -0.4 is 5.32 Å². The van der Waals surface area contributed by atoms with Crippen LogP contribution >= 0.6 is 23.2 Å². The highest BCUT2D eigenvalue weighted by molar-refractivity contribution is 6.38. The Bertz CT molecular complexity index is 431. The first-order valence-electron chi connectivity index (χ1n) is 3.99. The molecule has 1 atom stereocenters. The van der Waals surface area contributed by atoms with Crippen LogP contribution in [0.4, 0.5) is 5.69 Å². The number of halogens is 2. The number of hydrogen-bond donors (Lipinski definition) is 2. The summed E-state index contributed by atoms with van der Waals surface area (Å²) in [6.45, 7) is 1.77. The number of aryl methyl sites for hydroxylation is 1. The lowest BCUT2D eigenvalue weighted by molar-refractivity contribution is -0.123. The standard InChI is InChI=1S/C9H7Cl2NO2/c1-3-2-4(10)7-5(6(3)11)8(13)9(14)12-7/h2,8,13H,1H3,(H,12,14). The van der Waals surface area contributed by atoms with E-state index in [-0.39, 0.29) is 0 Å². The Kier molecular flexibility index (Phi) is 2.18. The van der Waals surface area contributed by atoms with Crippen molar-refractivity contribution in [3.05, 3.63) is 27.2 Å². The largest absolute Gasteiger partial charge is 0.378 e. The van der Waals surface area contributed by atoms with Crippen LogP contribution in [0.15, 0.2) is 6.07 Å². The number of anilines is 1. The summed E-state index contributed by atoms with van der Waals surface area (Å²) >= 11 is 11.9. The molecule has 0 aromatic heterocycles. The van der Waals surface area contributed by atoms with E-state index in [9.17, 15) is 9.90 Å². The van der Waals surface area contributed by atoms with Crippen molar-refractivity contribution in [2.24, 2.45) is 0 Å². The van der Waals surface area contributed by atoms with E-state index in [1.54, 1.807) is 13.0 Å². The highest BCUT2D eigenvalue weighted by Crippen LogP contribution is 2.42. The number of carbonyl (C=O) groups is 1. The molecule has 1 heterocycles. The predicted molar refractivity (Wildman–Crippen MR) is 54.8 cm³/mol. The Morgan fingerprint density at radius 3 is 2.79 bits per heavy atom. The zero-order chi connectivity index (χ0) is 10.5. The maximum atomic E-state index is 11.2. The smallest absolute Gasteiger partial charge is 0.258 e. The Hall–Kier alpha value is -0.770. The van der Waals surface area contributed by atoms with Crippen LogP contribution in [0.1, 0.15) is 17.2 Å². The van der Waals surface area contributed by atoms with Gasteiger partial charge in [0.2, 0.25) is 0 Å². The third-order valence-corrected chi connectivity index (χ3v) is 3.00. The van der Waals surface area contributed by atoms with E-state index in [0.29, 0.717) is 21.3 Å². The number of amides is 1. The molecule has 0 aliphatic carbocycles. The summed E-state index contributed by atoms with van der Waals surface area (Å²) in [5.41, 5.74) is 1.53. The average molecular weight is 232 g/mol. The van der Waals surface area contributed by atoms with Crippen LogP contribution in [0.2, 0.25) is 10.0 Å². The SMILES string of the molecule is Cc1cc(Cl)c2c(c1Cl)C(O)C(=O)N2. The first-order chi connectivity index (χ1) is 6.52. The molecule has 5 heteroatoms. The fourth-order valence-electron chi connectivity index (χ4n) is 1.48. The van der Waals surface area contributed by atoms with Gasteiger partial charge in [-0.2, -0.15) is 0 Å². The summed E-state index contributed by atoms with van der Waals surface area (Å²) < 4.78 is 0. The van der Waals surface area contributed by atoms with Gasteiger partial charge in [0.25, 0.3) is 5.91 Å². The van der Waals surface area contributed by atoms with Crippen molar-refractivity contribution < 1.29 is 9.90 Å². The summed E-state index contributed by atoms with van der Waals surface area (Å²) in [5, 5.41) is 12.8. The van der Waals surface area contributed by atoms with E-state index in [2.05, 4.69) is 5.32 Å². The van der Waals surface area contributed by atoms with Crippen molar-refractivity contribution in [1.82, 2.24) is 0 Å². The molecule has 1 aromatic carbocycles. The Labute approximate surface area is 90.6 Å². The number of aliphatic hydroxyl groups excluding tert-OH is 1. The summed E-state index contributed by atoms with van der Waals surface area (Å²) in [6, 6.07) is 1.65. The summed E-state index contributed by atoms with van der Waals surface area (Å²) in [6.07, 6.45) is -1.21. The van der Waals surface area contributed by atoms with Gasteiger partial charge in [0.1, 0.15) is 0 Å². The Morgan fingerprint density at radius 1 is 1.50 bits per heavy atom. The van der Waals surface area contributed by atoms with Gasteiger partial charge in [-0.25, -0.2) is 0 Å². The van der Waals surface area contributed by atoms with Crippen molar-refractivity contribution in [1.29, 1.82) is 0 Å². The molecule has 1 unspecified atom stereocenters. The molecule has 0 bridgehead atoms. The van der Waals surface area contributed by atoms with Gasteiger partial charge >= 0.3 is 0 Å². The quantitative estimate of drug-likeness (QED) is 0.720. The highest BCUT2D eigenvalue weighted by atomic mass is 35.5. The van der Waals surface area contributed by atoms with Crippen LogP contribution in [-0.4, -0.2) is 11.0 Å². The minimum atomic E-state index is -1.21. The maximum absolute atomic E-state index is 11.2. The van der Waals surface area contributed by atoms with E-state index < -0.39 is 12.0 Å². The lowest BCUT2D eigenvalue weighted by Crippen LogP contribution is -2.10. The number of hydrogen-bond acceptors (Lipinski definition) is 2. The molecule has 1 aliphatic heterocycles. The molecule has 0 radical (unpaired) electrons. The van der Waals surface area contributed by atoms with Gasteiger partial charge in [-0.3, -0.25) is 4.79 Å². The third-order valence-electron chi connectivity index (χ3n) is 2.20. The molecule has 0 saturated carbocycles. The number of rotatable bonds is 0. The van der Waals surface area contributed by atoms with Crippen LogP contribution in [0.25, 0.3) is 0 Å². The van der Waals surface area contributed by atoms with Gasteiger partial charge in [0.15, 0.2) is 6.10 Å². The lowest BCUT2D eigenvalue weighted by atomic mass is 10.1. The molecule has 1 amide bonds. The van der Waals surface area contributed by atoms with Crippen molar-refractivity contribution in [2.45, 2.75) is 13.0 Å². The van der Waals surface area contributed by atoms with Gasteiger partial charge in [0, 0.05) is 5.56 Å². The minimum absolute atomic E-state index is 0.377. The molecule has 0 saturated heterocycles. The maximum Gasteiger partial charge on any atom is 0.258 e. The van der Waals surface area contributed by atoms with Gasteiger partial charge in [-0.15, -0.1) is 0 Å². The molecule has 2 rings (SSSR count). The minimum Gasteiger partial charge on any atom is -0.378 e. The van der Waals surface area contributed by atoms with E-state index in [4.69, 9.17) is 23.2 Å². The monoisotopic (exact) mass is 231 g/mol. The highest BCUT2D eigenvalue weighted by Gasteiger charge is 2.33. The zero-order valence-electron chi connectivity index (χ0n) is 7.27. The molecule has 0 spiro atoms. The molecule has 1 aliphatic rings. The second-order valence-corrected chi connectivity index (χ2v) is 3.95. The van der Waals surface area contributed by atoms with E-state index >= 15 is 0 Å². The first kappa shape index (κ1) is 9.77. The molecular formula is C9H7Cl2NO2. The van der Waals surface area contributed by atoms with E-state index in [1.165, 1.54) is 0 Å². The van der Waals surface area contributed by atoms with Crippen molar-refractivity contribution in [3.8, 4) is 0 Å². The average Bonchev–Trinajstić information content (AvgIpc) is 2.41. The van der Waals surface area contributed by atoms with Crippen molar-refractivity contribution >= 4 is 34.8 Å². The van der Waals surface area contributed by atoms with Crippen molar-refractivity contribution in [3.63, 3.8) is 0 Å². The third kappa shape index (κ3) is 1.21. The number of carbonyl (C=O) groups excluding carboxylic acids is 1. The molecular weight excluding hydrogens is 225 g/mol. The Balaban J connectivity index is 2.73. The van der Waals surface area contributed by atoms with E-state index in [0.717, 1.165) is 5.56 Å². The van der Waals surface area contributed by atoms with Gasteiger partial charge in [-0.1, -0.05) is 23.2 Å². The van der Waals surface area contributed by atoms with Gasteiger partial charge in [-0.05, 0) is 18.6 Å². The van der Waals surface area contributed by atoms with Crippen LogP contribution in [-0.2, 0) is 4.79 Å². The van der Waals surface area contributed by atoms with Crippen LogP contribution in [0.5, 0.6) is 0 Å². The fourth-order valence-corrected chi connectivity index (χ4v) is 2.05. The van der Waals surface area contributed by atoms with Crippen molar-refractivity contribution in [2.75, 3.05) is 5.32 Å². The molecule has 0 fully saturated rings. The number of aliphatic hydroxyl groups is 1. The molecule has 14 heavy (non-hydrogen) atoms. The second kappa shape index (κ2) is 3.12. The van der Waals surface area contributed by atoms with Gasteiger partial charge in [0.05, 0.1) is 15.7 Å². The lowest BCUT2D eigenvalue weighted by Gasteiger charge is -2.08. The number of benzene rings is 1. The second-order valence-electron chi connectivity index (χ2n) is 3.17. The number of nitrogens with one attached hydrogen (secondary N) is 1. The van der Waals surface area contributed by atoms with Crippen LogP contribution in [0.3, 0.4) is 0 Å². The zero-order valence-corrected chi connectivity index (χ0v) is 8.78. The topological polar surface area (TPSA) is 49.3 Å². The van der Waals surface area contributed by atoms with Crippen LogP contribution in [0, 0.1) is 6.92 Å². The molecule has 74 valence electrons. The first-order valence-corrected chi connectivity index (χ1v) is 4.75. The predicted octanol–water partition coefficient (Wildman–Crippen LogP) is 2.29. The molecule has 3 nitrogen and oxygen atoms in total. The van der Waals surface area contributed by atoms with Gasteiger partial charge < -0.3 is 10.4 Å². The number of fused-ring (bicyclic) bond motifs is 1. The Morgan fingerprint density at radius 2 is 2.14 bits per heavy atom. The summed E-state index contributed by atoms with van der Waals surface area (Å²) in [5.74, 6) is -0.491.